The average molecular weight is 290 g/mol. The summed E-state index contributed by atoms with van der Waals surface area (Å²) in [6.07, 6.45) is -3.36. The van der Waals surface area contributed by atoms with Crippen molar-refractivity contribution in [2.45, 2.75) is 18.3 Å². The second-order valence-corrected chi connectivity index (χ2v) is 4.94. The van der Waals surface area contributed by atoms with Crippen LogP contribution in [0, 0.1) is 0 Å². The molecule has 0 aromatic heterocycles. The normalized spacial score (nSPS) is 24.2. The Bertz CT molecular complexity index is 684. The highest BCUT2D eigenvalue weighted by atomic mass is 16.5. The molecule has 0 fully saturated rings. The fourth-order valence-electron chi connectivity index (χ4n) is 2.41. The molecule has 21 heavy (non-hydrogen) atoms. The van der Waals surface area contributed by atoms with Crippen molar-refractivity contribution in [1.82, 2.24) is 0 Å². The number of aliphatic hydroxyl groups excluding tert-OH is 2. The molecule has 110 valence electrons. The SMILES string of the molecule is Oc1ccc2c(c1)O[C@@H](c1ccc(O)c(O)c1)[C@@H](O)[C@@H]2O. The highest BCUT2D eigenvalue weighted by molar-refractivity contribution is 5.46. The first kappa shape index (κ1) is 13.5. The van der Waals surface area contributed by atoms with E-state index in [1.54, 1.807) is 0 Å². The predicted molar refractivity (Wildman–Crippen MR) is 72.2 cm³/mol. The third kappa shape index (κ3) is 2.24. The summed E-state index contributed by atoms with van der Waals surface area (Å²) in [5.41, 5.74) is 0.769. The van der Waals surface area contributed by atoms with Crippen LogP contribution in [-0.2, 0) is 0 Å². The topological polar surface area (TPSA) is 110 Å². The number of rotatable bonds is 1. The van der Waals surface area contributed by atoms with Crippen molar-refractivity contribution >= 4 is 0 Å². The molecule has 0 bridgehead atoms. The van der Waals surface area contributed by atoms with Gasteiger partial charge in [0.15, 0.2) is 17.6 Å². The minimum absolute atomic E-state index is 0.0235. The monoisotopic (exact) mass is 290 g/mol. The first-order valence-electron chi connectivity index (χ1n) is 6.35. The van der Waals surface area contributed by atoms with E-state index in [0.29, 0.717) is 11.1 Å². The number of benzene rings is 2. The van der Waals surface area contributed by atoms with Crippen LogP contribution < -0.4 is 4.74 Å². The fourth-order valence-corrected chi connectivity index (χ4v) is 2.41. The van der Waals surface area contributed by atoms with Crippen molar-refractivity contribution in [3.8, 4) is 23.0 Å². The number of hydrogen-bond acceptors (Lipinski definition) is 6. The summed E-state index contributed by atoms with van der Waals surface area (Å²) in [5, 5.41) is 48.7. The van der Waals surface area contributed by atoms with Gasteiger partial charge in [0.05, 0.1) is 0 Å². The molecule has 1 heterocycles. The molecule has 0 aliphatic carbocycles. The molecule has 0 radical (unpaired) electrons. The van der Waals surface area contributed by atoms with E-state index in [1.165, 1.54) is 36.4 Å². The lowest BCUT2D eigenvalue weighted by Gasteiger charge is -2.34. The highest BCUT2D eigenvalue weighted by Gasteiger charge is 2.37. The lowest BCUT2D eigenvalue weighted by atomic mass is 9.92. The molecular weight excluding hydrogens is 276 g/mol. The number of fused-ring (bicyclic) bond motifs is 1. The van der Waals surface area contributed by atoms with Crippen LogP contribution in [0.4, 0.5) is 0 Å². The molecule has 1 aliphatic heterocycles. The standard InChI is InChI=1S/C15H14O6/c16-8-2-3-9-12(6-8)21-15(14(20)13(9)19)7-1-4-10(17)11(18)5-7/h1-6,13-20H/t13-,14+,15+/m1/s1. The Labute approximate surface area is 120 Å². The summed E-state index contributed by atoms with van der Waals surface area (Å²) < 4.78 is 5.61. The lowest BCUT2D eigenvalue weighted by molar-refractivity contribution is -0.0701. The number of phenolic OH excluding ortho intramolecular Hbond substituents is 3. The maximum atomic E-state index is 10.2. The summed E-state index contributed by atoms with van der Waals surface area (Å²) in [6.45, 7) is 0. The van der Waals surface area contributed by atoms with E-state index in [1.807, 2.05) is 0 Å². The molecule has 3 atom stereocenters. The summed E-state index contributed by atoms with van der Waals surface area (Å²) in [5.74, 6) is -0.405. The number of aromatic hydroxyl groups is 3. The number of phenols is 3. The van der Waals surface area contributed by atoms with Crippen LogP contribution >= 0.6 is 0 Å². The molecule has 0 amide bonds. The second-order valence-electron chi connectivity index (χ2n) is 4.94. The van der Waals surface area contributed by atoms with Crippen LogP contribution in [0.3, 0.4) is 0 Å². The van der Waals surface area contributed by atoms with Crippen molar-refractivity contribution in [2.75, 3.05) is 0 Å². The first-order valence-corrected chi connectivity index (χ1v) is 6.35. The number of aliphatic hydroxyl groups is 2. The van der Waals surface area contributed by atoms with Gasteiger partial charge in [0.1, 0.15) is 23.7 Å². The Kier molecular flexibility index (Phi) is 3.12. The number of hydrogen-bond donors (Lipinski definition) is 5. The molecule has 3 rings (SSSR count). The van der Waals surface area contributed by atoms with Crippen molar-refractivity contribution in [2.24, 2.45) is 0 Å². The maximum absolute atomic E-state index is 10.2. The van der Waals surface area contributed by atoms with E-state index in [0.717, 1.165) is 0 Å². The smallest absolute Gasteiger partial charge is 0.157 e. The molecule has 2 aromatic rings. The zero-order valence-electron chi connectivity index (χ0n) is 10.8. The van der Waals surface area contributed by atoms with E-state index < -0.39 is 18.3 Å². The van der Waals surface area contributed by atoms with Gasteiger partial charge in [-0.2, -0.15) is 0 Å². The largest absolute Gasteiger partial charge is 0.508 e. The quantitative estimate of drug-likeness (QED) is 0.507. The van der Waals surface area contributed by atoms with Crippen LogP contribution in [0.5, 0.6) is 23.0 Å². The van der Waals surface area contributed by atoms with Gasteiger partial charge in [-0.05, 0) is 29.8 Å². The third-order valence-corrected chi connectivity index (χ3v) is 3.53. The maximum Gasteiger partial charge on any atom is 0.157 e. The van der Waals surface area contributed by atoms with E-state index in [2.05, 4.69) is 0 Å². The van der Waals surface area contributed by atoms with Crippen LogP contribution in [0.15, 0.2) is 36.4 Å². The third-order valence-electron chi connectivity index (χ3n) is 3.53. The summed E-state index contributed by atoms with van der Waals surface area (Å²) in [6, 6.07) is 8.21. The average Bonchev–Trinajstić information content (AvgIpc) is 2.45. The van der Waals surface area contributed by atoms with Crippen molar-refractivity contribution in [3.05, 3.63) is 47.5 Å². The van der Waals surface area contributed by atoms with Gasteiger partial charge >= 0.3 is 0 Å². The van der Waals surface area contributed by atoms with Crippen molar-refractivity contribution in [1.29, 1.82) is 0 Å². The van der Waals surface area contributed by atoms with Crippen LogP contribution in [-0.4, -0.2) is 31.6 Å². The van der Waals surface area contributed by atoms with E-state index in [-0.39, 0.29) is 23.0 Å². The van der Waals surface area contributed by atoms with Crippen molar-refractivity contribution < 1.29 is 30.3 Å². The minimum atomic E-state index is -1.24. The Balaban J connectivity index is 2.02. The Morgan fingerprint density at radius 2 is 1.62 bits per heavy atom. The molecule has 0 saturated heterocycles. The zero-order valence-corrected chi connectivity index (χ0v) is 10.8. The summed E-state index contributed by atoms with van der Waals surface area (Å²) >= 11 is 0. The van der Waals surface area contributed by atoms with Gasteiger partial charge in [0.2, 0.25) is 0 Å². The van der Waals surface area contributed by atoms with Crippen LogP contribution in [0.25, 0.3) is 0 Å². The van der Waals surface area contributed by atoms with Crippen LogP contribution in [0.2, 0.25) is 0 Å². The summed E-state index contributed by atoms with van der Waals surface area (Å²) in [7, 11) is 0. The zero-order chi connectivity index (χ0) is 15.1. The molecule has 0 spiro atoms. The van der Waals surface area contributed by atoms with E-state index in [4.69, 9.17) is 4.74 Å². The first-order chi connectivity index (χ1) is 9.97. The number of ether oxygens (including phenoxy) is 1. The van der Waals surface area contributed by atoms with Gasteiger partial charge in [-0.15, -0.1) is 0 Å². The van der Waals surface area contributed by atoms with Gasteiger partial charge in [0.25, 0.3) is 0 Å². The second kappa shape index (κ2) is 4.83. The molecule has 6 heteroatoms. The van der Waals surface area contributed by atoms with Gasteiger partial charge < -0.3 is 30.3 Å². The molecule has 6 nitrogen and oxygen atoms in total. The van der Waals surface area contributed by atoms with Gasteiger partial charge in [-0.25, -0.2) is 0 Å². The molecule has 0 unspecified atom stereocenters. The lowest BCUT2D eigenvalue weighted by Crippen LogP contribution is -2.34. The molecule has 1 aliphatic rings. The van der Waals surface area contributed by atoms with Crippen molar-refractivity contribution in [3.63, 3.8) is 0 Å². The Morgan fingerprint density at radius 3 is 2.33 bits per heavy atom. The Morgan fingerprint density at radius 1 is 0.857 bits per heavy atom. The predicted octanol–water partition coefficient (Wildman–Crippen LogP) is 1.33. The summed E-state index contributed by atoms with van der Waals surface area (Å²) in [4.78, 5) is 0. The highest BCUT2D eigenvalue weighted by Crippen LogP contribution is 2.43. The fraction of sp³-hybridized carbons (Fsp3) is 0.200. The van der Waals surface area contributed by atoms with Crippen LogP contribution in [0.1, 0.15) is 23.3 Å². The molecule has 2 aromatic carbocycles. The van der Waals surface area contributed by atoms with Gasteiger partial charge in [0, 0.05) is 11.6 Å². The van der Waals surface area contributed by atoms with Gasteiger partial charge in [-0.1, -0.05) is 6.07 Å². The minimum Gasteiger partial charge on any atom is -0.508 e. The van der Waals surface area contributed by atoms with E-state index >= 15 is 0 Å². The molecule has 0 saturated carbocycles. The Hall–Kier alpha value is -2.44. The molecular formula is C15H14O6. The van der Waals surface area contributed by atoms with Gasteiger partial charge in [-0.3, -0.25) is 0 Å². The molecule has 5 N–H and O–H groups in total. The van der Waals surface area contributed by atoms with E-state index in [9.17, 15) is 25.5 Å².